The van der Waals surface area contributed by atoms with Crippen molar-refractivity contribution < 1.29 is 8.42 Å². The van der Waals surface area contributed by atoms with Crippen LogP contribution in [0.2, 0.25) is 0 Å². The Bertz CT molecular complexity index is 369. The van der Waals surface area contributed by atoms with E-state index in [9.17, 15) is 8.42 Å². The van der Waals surface area contributed by atoms with Crippen LogP contribution in [0.3, 0.4) is 0 Å². The lowest BCUT2D eigenvalue weighted by Crippen LogP contribution is -2.44. The predicted octanol–water partition coefficient (Wildman–Crippen LogP) is 1.44. The van der Waals surface area contributed by atoms with Gasteiger partial charge in [0.15, 0.2) is 0 Å². The highest BCUT2D eigenvalue weighted by Crippen LogP contribution is 2.25. The van der Waals surface area contributed by atoms with Crippen molar-refractivity contribution in [2.24, 2.45) is 11.8 Å². The van der Waals surface area contributed by atoms with Crippen LogP contribution < -0.4 is 5.32 Å². The number of nitrogens with zero attached hydrogens (tertiary/aromatic N) is 1. The summed E-state index contributed by atoms with van der Waals surface area (Å²) in [4.78, 5) is 0. The molecule has 0 aromatic carbocycles. The Balaban J connectivity index is 1.79. The average molecular weight is 274 g/mol. The zero-order chi connectivity index (χ0) is 13.2. The Labute approximate surface area is 111 Å². The van der Waals surface area contributed by atoms with Crippen LogP contribution in [0.5, 0.6) is 0 Å². The summed E-state index contributed by atoms with van der Waals surface area (Å²) in [5.74, 6) is 1.26. The molecule has 3 unspecified atom stereocenters. The van der Waals surface area contributed by atoms with Crippen LogP contribution in [-0.4, -0.2) is 44.7 Å². The summed E-state index contributed by atoms with van der Waals surface area (Å²) >= 11 is 0. The van der Waals surface area contributed by atoms with E-state index in [0.29, 0.717) is 25.0 Å². The molecule has 0 spiro atoms. The molecule has 0 aromatic rings. The summed E-state index contributed by atoms with van der Waals surface area (Å²) in [6.07, 6.45) is 7.42. The molecule has 2 aliphatic rings. The van der Waals surface area contributed by atoms with Crippen LogP contribution in [0.4, 0.5) is 0 Å². The van der Waals surface area contributed by atoms with Gasteiger partial charge in [-0.15, -0.1) is 0 Å². The van der Waals surface area contributed by atoms with E-state index in [0.717, 1.165) is 25.3 Å². The van der Waals surface area contributed by atoms with Crippen molar-refractivity contribution in [2.75, 3.05) is 25.9 Å². The monoisotopic (exact) mass is 274 g/mol. The highest BCUT2D eigenvalue weighted by Gasteiger charge is 2.28. The summed E-state index contributed by atoms with van der Waals surface area (Å²) in [5.41, 5.74) is 0. The van der Waals surface area contributed by atoms with Gasteiger partial charge in [0.2, 0.25) is 10.0 Å². The highest BCUT2D eigenvalue weighted by atomic mass is 32.2. The molecule has 0 aromatic heterocycles. The Morgan fingerprint density at radius 2 is 2.00 bits per heavy atom. The lowest BCUT2D eigenvalue weighted by Gasteiger charge is -2.32. The normalized spacial score (nSPS) is 34.9. The van der Waals surface area contributed by atoms with E-state index < -0.39 is 10.0 Å². The number of piperidine rings is 1. The second-order valence-electron chi connectivity index (χ2n) is 6.05. The van der Waals surface area contributed by atoms with Crippen LogP contribution in [0.1, 0.15) is 39.0 Å². The minimum Gasteiger partial charge on any atom is -0.313 e. The minimum absolute atomic E-state index is 0.487. The van der Waals surface area contributed by atoms with Crippen LogP contribution in [0, 0.1) is 11.8 Å². The fraction of sp³-hybridized carbons (Fsp3) is 1.00. The van der Waals surface area contributed by atoms with Crippen LogP contribution in [-0.2, 0) is 10.0 Å². The van der Waals surface area contributed by atoms with Gasteiger partial charge < -0.3 is 5.32 Å². The Morgan fingerprint density at radius 3 is 2.61 bits per heavy atom. The summed E-state index contributed by atoms with van der Waals surface area (Å²) in [6.45, 7) is 4.69. The quantitative estimate of drug-likeness (QED) is 0.844. The molecule has 2 rings (SSSR count). The molecule has 4 nitrogen and oxygen atoms in total. The van der Waals surface area contributed by atoms with Crippen molar-refractivity contribution in [3.8, 4) is 0 Å². The Kier molecular flexibility index (Phi) is 4.67. The van der Waals surface area contributed by atoms with E-state index in [1.807, 2.05) is 0 Å². The van der Waals surface area contributed by atoms with Gasteiger partial charge in [-0.2, -0.15) is 0 Å². The molecule has 1 saturated carbocycles. The maximum atomic E-state index is 11.5. The first-order valence-electron chi connectivity index (χ1n) is 7.15. The molecule has 0 amide bonds. The third kappa shape index (κ3) is 3.68. The number of hydrogen-bond acceptors (Lipinski definition) is 3. The molecule has 1 aliphatic heterocycles. The van der Waals surface area contributed by atoms with Gasteiger partial charge in [-0.05, 0) is 44.1 Å². The van der Waals surface area contributed by atoms with E-state index in [1.165, 1.54) is 25.5 Å². The van der Waals surface area contributed by atoms with Crippen molar-refractivity contribution in [3.05, 3.63) is 0 Å². The molecular formula is C13H26N2O2S. The van der Waals surface area contributed by atoms with Gasteiger partial charge in [0, 0.05) is 19.1 Å². The lowest BCUT2D eigenvalue weighted by atomic mass is 9.98. The SMILES string of the molecule is CC1CCCC1NCC1CCCN(S(C)(=O)=O)C1. The van der Waals surface area contributed by atoms with E-state index in [2.05, 4.69) is 12.2 Å². The van der Waals surface area contributed by atoms with Crippen LogP contribution in [0.25, 0.3) is 0 Å². The van der Waals surface area contributed by atoms with Gasteiger partial charge in [0.1, 0.15) is 0 Å². The fourth-order valence-electron chi connectivity index (χ4n) is 3.26. The van der Waals surface area contributed by atoms with Gasteiger partial charge in [-0.3, -0.25) is 0 Å². The third-order valence-electron chi connectivity index (χ3n) is 4.48. The smallest absolute Gasteiger partial charge is 0.211 e. The standard InChI is InChI=1S/C13H26N2O2S/c1-11-5-3-7-13(11)14-9-12-6-4-8-15(10-12)18(2,16)17/h11-14H,3-10H2,1-2H3. The summed E-state index contributed by atoms with van der Waals surface area (Å²) < 4.78 is 24.7. The second kappa shape index (κ2) is 5.88. The largest absolute Gasteiger partial charge is 0.313 e. The van der Waals surface area contributed by atoms with Crippen molar-refractivity contribution in [2.45, 2.75) is 45.1 Å². The molecule has 2 fully saturated rings. The van der Waals surface area contributed by atoms with E-state index in [4.69, 9.17) is 0 Å². The predicted molar refractivity (Wildman–Crippen MR) is 73.9 cm³/mol. The third-order valence-corrected chi connectivity index (χ3v) is 5.75. The number of sulfonamides is 1. The van der Waals surface area contributed by atoms with E-state index >= 15 is 0 Å². The molecule has 0 radical (unpaired) electrons. The van der Waals surface area contributed by atoms with Gasteiger partial charge in [0.05, 0.1) is 6.26 Å². The molecule has 0 bridgehead atoms. The maximum Gasteiger partial charge on any atom is 0.211 e. The molecule has 106 valence electrons. The van der Waals surface area contributed by atoms with Gasteiger partial charge in [-0.25, -0.2) is 12.7 Å². The molecular weight excluding hydrogens is 248 g/mol. The first-order valence-corrected chi connectivity index (χ1v) is 9.00. The number of hydrogen-bond donors (Lipinski definition) is 1. The Hall–Kier alpha value is -0.130. The van der Waals surface area contributed by atoms with Crippen molar-refractivity contribution in [1.29, 1.82) is 0 Å². The molecule has 1 N–H and O–H groups in total. The molecule has 18 heavy (non-hydrogen) atoms. The van der Waals surface area contributed by atoms with Crippen LogP contribution in [0.15, 0.2) is 0 Å². The van der Waals surface area contributed by atoms with Gasteiger partial charge in [0.25, 0.3) is 0 Å². The van der Waals surface area contributed by atoms with Gasteiger partial charge >= 0.3 is 0 Å². The summed E-state index contributed by atoms with van der Waals surface area (Å²) in [5, 5.41) is 3.65. The molecule has 5 heteroatoms. The van der Waals surface area contributed by atoms with Crippen molar-refractivity contribution >= 4 is 10.0 Å². The average Bonchev–Trinajstić information content (AvgIpc) is 2.72. The molecule has 1 aliphatic carbocycles. The highest BCUT2D eigenvalue weighted by molar-refractivity contribution is 7.88. The zero-order valence-corrected chi connectivity index (χ0v) is 12.4. The molecule has 1 heterocycles. The minimum atomic E-state index is -3.00. The number of rotatable bonds is 4. The summed E-state index contributed by atoms with van der Waals surface area (Å²) in [6, 6.07) is 0.651. The topological polar surface area (TPSA) is 49.4 Å². The molecule has 1 saturated heterocycles. The van der Waals surface area contributed by atoms with Gasteiger partial charge in [-0.1, -0.05) is 13.3 Å². The first kappa shape index (κ1) is 14.3. The fourth-order valence-corrected chi connectivity index (χ4v) is 4.20. The lowest BCUT2D eigenvalue weighted by molar-refractivity contribution is 0.250. The zero-order valence-electron chi connectivity index (χ0n) is 11.6. The van der Waals surface area contributed by atoms with Crippen molar-refractivity contribution in [3.63, 3.8) is 0 Å². The maximum absolute atomic E-state index is 11.5. The Morgan fingerprint density at radius 1 is 1.22 bits per heavy atom. The second-order valence-corrected chi connectivity index (χ2v) is 8.03. The number of nitrogens with one attached hydrogen (secondary N) is 1. The van der Waals surface area contributed by atoms with E-state index in [-0.39, 0.29) is 0 Å². The van der Waals surface area contributed by atoms with Crippen molar-refractivity contribution in [1.82, 2.24) is 9.62 Å². The van der Waals surface area contributed by atoms with E-state index in [1.54, 1.807) is 4.31 Å². The first-order chi connectivity index (χ1) is 8.47. The molecule has 3 atom stereocenters. The van der Waals surface area contributed by atoms with Crippen LogP contribution >= 0.6 is 0 Å². The summed E-state index contributed by atoms with van der Waals surface area (Å²) in [7, 11) is -3.00.